The Morgan fingerprint density at radius 1 is 0.583 bits per heavy atom. The molecule has 0 heterocycles. The van der Waals surface area contributed by atoms with Crippen molar-refractivity contribution in [3.05, 3.63) is 82.9 Å². The molecule has 36 heavy (non-hydrogen) atoms. The largest absolute Gasteiger partial charge is 0.543 e. The van der Waals surface area contributed by atoms with Crippen LogP contribution in [0.5, 0.6) is 0 Å². The minimum atomic E-state index is -1.90. The van der Waals surface area contributed by atoms with E-state index in [2.05, 4.69) is 128 Å². The summed E-state index contributed by atoms with van der Waals surface area (Å²) in [4.78, 5) is 0. The third-order valence-corrected chi connectivity index (χ3v) is 17.8. The van der Waals surface area contributed by atoms with Crippen molar-refractivity contribution < 1.29 is 8.85 Å². The van der Waals surface area contributed by atoms with Crippen LogP contribution in [0.25, 0.3) is 11.5 Å². The maximum atomic E-state index is 6.82. The van der Waals surface area contributed by atoms with Crippen molar-refractivity contribution in [2.45, 2.75) is 102 Å². The fourth-order valence-corrected chi connectivity index (χ4v) is 6.75. The zero-order chi connectivity index (χ0) is 26.5. The SMILES string of the molecule is CC(C)(C)[Si](C)(C)OC1=C[C@H](CC[C@@H]2C=C(O[Si](C)(C)C(C)(C)C)c3ccccc32)c2ccccc21. The van der Waals surface area contributed by atoms with E-state index in [9.17, 15) is 0 Å². The van der Waals surface area contributed by atoms with Crippen molar-refractivity contribution in [2.24, 2.45) is 0 Å². The van der Waals surface area contributed by atoms with Crippen molar-refractivity contribution >= 4 is 28.2 Å². The molecular weight excluding hydrogens is 473 g/mol. The second kappa shape index (κ2) is 9.36. The molecule has 4 rings (SSSR count). The molecule has 0 saturated carbocycles. The van der Waals surface area contributed by atoms with Gasteiger partial charge in [0.05, 0.1) is 0 Å². The first-order valence-corrected chi connectivity index (χ1v) is 19.4. The highest BCUT2D eigenvalue weighted by Crippen LogP contribution is 2.48. The van der Waals surface area contributed by atoms with E-state index in [0.29, 0.717) is 11.8 Å². The van der Waals surface area contributed by atoms with Crippen LogP contribution in [0.3, 0.4) is 0 Å². The summed E-state index contributed by atoms with van der Waals surface area (Å²) in [5, 5.41) is 0.361. The Kier molecular flexibility index (Phi) is 7.02. The smallest absolute Gasteiger partial charge is 0.250 e. The van der Waals surface area contributed by atoms with Crippen LogP contribution in [0.15, 0.2) is 60.7 Å². The zero-order valence-electron chi connectivity index (χ0n) is 24.2. The lowest BCUT2D eigenvalue weighted by atomic mass is 9.89. The lowest BCUT2D eigenvalue weighted by Crippen LogP contribution is -2.40. The van der Waals surface area contributed by atoms with Gasteiger partial charge in [-0.2, -0.15) is 0 Å². The van der Waals surface area contributed by atoms with Crippen LogP contribution >= 0.6 is 0 Å². The summed E-state index contributed by atoms with van der Waals surface area (Å²) >= 11 is 0. The van der Waals surface area contributed by atoms with E-state index in [1.165, 1.54) is 22.3 Å². The summed E-state index contributed by atoms with van der Waals surface area (Å²) in [6, 6.07) is 17.7. The van der Waals surface area contributed by atoms with Crippen LogP contribution in [0.2, 0.25) is 36.3 Å². The van der Waals surface area contributed by atoms with Crippen LogP contribution in [0, 0.1) is 0 Å². The fraction of sp³-hybridized carbons (Fsp3) is 0.500. The van der Waals surface area contributed by atoms with Crippen LogP contribution in [-0.2, 0) is 8.85 Å². The summed E-state index contributed by atoms with van der Waals surface area (Å²) in [5.41, 5.74) is 5.41. The van der Waals surface area contributed by atoms with Gasteiger partial charge < -0.3 is 8.85 Å². The van der Waals surface area contributed by atoms with Crippen LogP contribution < -0.4 is 0 Å². The lowest BCUT2D eigenvalue weighted by molar-refractivity contribution is 0.457. The number of allylic oxidation sites excluding steroid dienone is 2. The Labute approximate surface area is 222 Å². The van der Waals surface area contributed by atoms with E-state index in [1.807, 2.05) is 0 Å². The van der Waals surface area contributed by atoms with Crippen LogP contribution in [-0.4, -0.2) is 16.6 Å². The van der Waals surface area contributed by atoms with Gasteiger partial charge in [-0.25, -0.2) is 0 Å². The Morgan fingerprint density at radius 2 is 0.917 bits per heavy atom. The van der Waals surface area contributed by atoms with Gasteiger partial charge in [-0.3, -0.25) is 0 Å². The molecule has 2 aromatic carbocycles. The summed E-state index contributed by atoms with van der Waals surface area (Å²) in [6.45, 7) is 23.2. The molecular formula is C32H46O2Si2. The van der Waals surface area contributed by atoms with Gasteiger partial charge in [0.15, 0.2) is 0 Å². The standard InChI is InChI=1S/C32H46O2Si2/c1-31(2,3)35(7,8)33-29-21-23(25-15-11-13-17-27(25)29)19-20-24-22-30(28-18-14-12-16-26(24)28)34-36(9,10)32(4,5)6/h11-18,21-24H,19-20H2,1-10H3/t23-,24+. The van der Waals surface area contributed by atoms with E-state index in [4.69, 9.17) is 8.85 Å². The van der Waals surface area contributed by atoms with Gasteiger partial charge >= 0.3 is 0 Å². The Hall–Kier alpha value is -2.05. The van der Waals surface area contributed by atoms with Crippen molar-refractivity contribution in [1.82, 2.24) is 0 Å². The fourth-order valence-electron chi connectivity index (χ4n) is 4.68. The zero-order valence-corrected chi connectivity index (χ0v) is 26.2. The molecule has 0 aliphatic heterocycles. The van der Waals surface area contributed by atoms with Gasteiger partial charge in [0.25, 0.3) is 0 Å². The molecule has 0 radical (unpaired) electrons. The van der Waals surface area contributed by atoms with Gasteiger partial charge in [0.1, 0.15) is 11.5 Å². The molecule has 194 valence electrons. The molecule has 2 aromatic rings. The number of benzene rings is 2. The van der Waals surface area contributed by atoms with Gasteiger partial charge in [-0.05, 0) is 72.4 Å². The lowest BCUT2D eigenvalue weighted by Gasteiger charge is -2.37. The second-order valence-electron chi connectivity index (χ2n) is 13.8. The maximum Gasteiger partial charge on any atom is 0.250 e. The third-order valence-electron chi connectivity index (χ3n) is 9.09. The molecule has 2 aliphatic rings. The Balaban J connectivity index is 1.56. The van der Waals surface area contributed by atoms with E-state index in [-0.39, 0.29) is 10.1 Å². The average molecular weight is 519 g/mol. The highest BCUT2D eigenvalue weighted by Gasteiger charge is 2.42. The second-order valence-corrected chi connectivity index (χ2v) is 23.2. The summed E-state index contributed by atoms with van der Waals surface area (Å²) < 4.78 is 13.6. The number of hydrogen-bond donors (Lipinski definition) is 0. The van der Waals surface area contributed by atoms with E-state index >= 15 is 0 Å². The van der Waals surface area contributed by atoms with Gasteiger partial charge in [0.2, 0.25) is 16.6 Å². The van der Waals surface area contributed by atoms with Crippen LogP contribution in [0.1, 0.15) is 88.5 Å². The number of hydrogen-bond acceptors (Lipinski definition) is 2. The van der Waals surface area contributed by atoms with E-state index in [1.54, 1.807) is 0 Å². The quantitative estimate of drug-likeness (QED) is 0.339. The number of fused-ring (bicyclic) bond motifs is 2. The van der Waals surface area contributed by atoms with E-state index in [0.717, 1.165) is 24.4 Å². The molecule has 2 aliphatic carbocycles. The summed E-state index contributed by atoms with van der Waals surface area (Å²) in [7, 11) is -3.80. The summed E-state index contributed by atoms with van der Waals surface area (Å²) in [5.74, 6) is 3.00. The molecule has 2 nitrogen and oxygen atoms in total. The van der Waals surface area contributed by atoms with Crippen molar-refractivity contribution in [3.8, 4) is 0 Å². The van der Waals surface area contributed by atoms with Crippen molar-refractivity contribution in [3.63, 3.8) is 0 Å². The normalized spacial score (nSPS) is 19.9. The first-order chi connectivity index (χ1) is 16.6. The molecule has 0 fully saturated rings. The van der Waals surface area contributed by atoms with Gasteiger partial charge in [-0.1, -0.05) is 90.1 Å². The predicted molar refractivity (Wildman–Crippen MR) is 160 cm³/mol. The summed E-state index contributed by atoms with van der Waals surface area (Å²) in [6.07, 6.45) is 7.01. The molecule has 0 bridgehead atoms. The molecule has 0 saturated heterocycles. The van der Waals surface area contributed by atoms with Crippen molar-refractivity contribution in [1.29, 1.82) is 0 Å². The number of rotatable bonds is 7. The third kappa shape index (κ3) is 5.17. The molecule has 2 atom stereocenters. The van der Waals surface area contributed by atoms with Gasteiger partial charge in [0, 0.05) is 23.0 Å². The van der Waals surface area contributed by atoms with Crippen LogP contribution in [0.4, 0.5) is 0 Å². The predicted octanol–water partition coefficient (Wildman–Crippen LogP) is 10.1. The first kappa shape index (κ1) is 27.0. The highest BCUT2D eigenvalue weighted by molar-refractivity contribution is 6.75. The highest BCUT2D eigenvalue weighted by atomic mass is 28.4. The molecule has 0 amide bonds. The minimum absolute atomic E-state index is 0.180. The topological polar surface area (TPSA) is 18.5 Å². The Morgan fingerprint density at radius 3 is 1.25 bits per heavy atom. The monoisotopic (exact) mass is 518 g/mol. The molecule has 0 N–H and O–H groups in total. The molecule has 0 unspecified atom stereocenters. The minimum Gasteiger partial charge on any atom is -0.543 e. The molecule has 4 heteroatoms. The Bertz CT molecular complexity index is 1080. The van der Waals surface area contributed by atoms with Crippen molar-refractivity contribution in [2.75, 3.05) is 0 Å². The molecule has 0 aromatic heterocycles. The molecule has 0 spiro atoms. The van der Waals surface area contributed by atoms with Gasteiger partial charge in [-0.15, -0.1) is 0 Å². The average Bonchev–Trinajstić information content (AvgIpc) is 3.28. The van der Waals surface area contributed by atoms with E-state index < -0.39 is 16.6 Å². The first-order valence-electron chi connectivity index (χ1n) is 13.6. The maximum absolute atomic E-state index is 6.82.